The van der Waals surface area contributed by atoms with Gasteiger partial charge < -0.3 is 31.6 Å². The van der Waals surface area contributed by atoms with Gasteiger partial charge in [0.2, 0.25) is 0 Å². The minimum absolute atomic E-state index is 0.263. The molecule has 0 unspecified atom stereocenters. The standard InChI is InChI=1S/C12H17N3O7S/c1-5(16)19-4-8-10(20-6(2)17)11(21-7(3)18)9(14-15-13)12(23)22-8/h8-12,23H,4H2,1-3H3/p-1/t8-,9-,10-,11-,12-/m1/s1. The van der Waals surface area contributed by atoms with E-state index < -0.39 is 47.7 Å². The molecule has 1 rings (SSSR count). The zero-order chi connectivity index (χ0) is 17.6. The molecule has 11 heteroatoms. The Bertz CT molecular complexity index is 523. The van der Waals surface area contributed by atoms with Gasteiger partial charge in [-0.15, -0.1) is 0 Å². The van der Waals surface area contributed by atoms with Crippen LogP contribution in [0.3, 0.4) is 0 Å². The van der Waals surface area contributed by atoms with E-state index in [0.717, 1.165) is 13.8 Å². The summed E-state index contributed by atoms with van der Waals surface area (Å²) in [6.45, 7) is 3.23. The molecule has 5 atom stereocenters. The number of ether oxygens (including phenoxy) is 4. The normalized spacial score (nSPS) is 29.8. The fourth-order valence-corrected chi connectivity index (χ4v) is 2.42. The Hall–Kier alpha value is -1.97. The third-order valence-corrected chi connectivity index (χ3v) is 3.24. The molecular weight excluding hydrogens is 330 g/mol. The Labute approximate surface area is 137 Å². The topological polar surface area (TPSA) is 137 Å². The van der Waals surface area contributed by atoms with Gasteiger partial charge >= 0.3 is 17.9 Å². The van der Waals surface area contributed by atoms with Crippen LogP contribution in [0.1, 0.15) is 20.8 Å². The van der Waals surface area contributed by atoms with Gasteiger partial charge in [0.25, 0.3) is 0 Å². The highest BCUT2D eigenvalue weighted by molar-refractivity contribution is 7.59. The number of nitrogens with zero attached hydrogens (tertiary/aromatic N) is 3. The molecule has 0 radical (unpaired) electrons. The number of hydrogen-bond donors (Lipinski definition) is 0. The molecule has 0 amide bonds. The lowest BCUT2D eigenvalue weighted by Gasteiger charge is -2.46. The van der Waals surface area contributed by atoms with Crippen molar-refractivity contribution in [2.75, 3.05) is 6.61 Å². The molecule has 0 aromatic heterocycles. The first kappa shape index (κ1) is 19.1. The first-order valence-corrected chi connectivity index (χ1v) is 7.06. The van der Waals surface area contributed by atoms with Crippen molar-refractivity contribution in [3.8, 4) is 0 Å². The molecule has 0 aromatic rings. The molecule has 1 fully saturated rings. The van der Waals surface area contributed by atoms with Crippen LogP contribution < -0.4 is 0 Å². The maximum atomic E-state index is 11.3. The van der Waals surface area contributed by atoms with Crippen LogP contribution in [0.15, 0.2) is 5.11 Å². The summed E-state index contributed by atoms with van der Waals surface area (Å²) in [6.07, 6.45) is -3.24. The highest BCUT2D eigenvalue weighted by atomic mass is 32.1. The lowest BCUT2D eigenvalue weighted by Crippen LogP contribution is -2.60. The van der Waals surface area contributed by atoms with Crippen molar-refractivity contribution in [3.63, 3.8) is 0 Å². The molecule has 23 heavy (non-hydrogen) atoms. The van der Waals surface area contributed by atoms with Crippen LogP contribution >= 0.6 is 0 Å². The van der Waals surface area contributed by atoms with Gasteiger partial charge in [0, 0.05) is 25.7 Å². The summed E-state index contributed by atoms with van der Waals surface area (Å²) in [4.78, 5) is 36.2. The maximum absolute atomic E-state index is 11.3. The summed E-state index contributed by atoms with van der Waals surface area (Å²) in [5.74, 6) is -1.93. The van der Waals surface area contributed by atoms with Crippen LogP contribution in [0.2, 0.25) is 0 Å². The molecule has 1 aliphatic rings. The average Bonchev–Trinajstić information content (AvgIpc) is 2.42. The maximum Gasteiger partial charge on any atom is 0.303 e. The van der Waals surface area contributed by atoms with E-state index in [1.54, 1.807) is 0 Å². The second-order valence-corrected chi connectivity index (χ2v) is 5.15. The minimum Gasteiger partial charge on any atom is -0.761 e. The molecule has 1 saturated heterocycles. The lowest BCUT2D eigenvalue weighted by molar-refractivity contribution is -0.208. The van der Waals surface area contributed by atoms with E-state index in [2.05, 4.69) is 10.0 Å². The summed E-state index contributed by atoms with van der Waals surface area (Å²) in [6, 6.07) is -1.07. The Morgan fingerprint density at radius 1 is 1.13 bits per heavy atom. The van der Waals surface area contributed by atoms with Crippen molar-refractivity contribution in [2.24, 2.45) is 5.11 Å². The first-order chi connectivity index (χ1) is 10.8. The van der Waals surface area contributed by atoms with E-state index in [4.69, 9.17) is 37.1 Å². The van der Waals surface area contributed by atoms with Crippen molar-refractivity contribution >= 4 is 30.5 Å². The first-order valence-electron chi connectivity index (χ1n) is 6.59. The summed E-state index contributed by atoms with van der Waals surface area (Å²) >= 11 is 5.07. The number of azide groups is 1. The van der Waals surface area contributed by atoms with Crippen molar-refractivity contribution < 1.29 is 33.3 Å². The fraction of sp³-hybridized carbons (Fsp3) is 0.750. The van der Waals surface area contributed by atoms with Gasteiger partial charge in [-0.1, -0.05) is 5.11 Å². The molecule has 1 heterocycles. The van der Waals surface area contributed by atoms with Crippen LogP contribution in [-0.2, 0) is 46.0 Å². The van der Waals surface area contributed by atoms with E-state index in [1.165, 1.54) is 6.92 Å². The third-order valence-electron chi connectivity index (χ3n) is 2.85. The molecule has 0 bridgehead atoms. The van der Waals surface area contributed by atoms with E-state index in [0.29, 0.717) is 0 Å². The second kappa shape index (κ2) is 8.61. The van der Waals surface area contributed by atoms with Crippen molar-refractivity contribution in [2.45, 2.75) is 50.6 Å². The SMILES string of the molecule is CC(=O)OC[C@H]1O[C@H]([S-])[C@H](N=[N+]=[N-])[C@@H](OC(C)=O)[C@@H]1OC(C)=O. The van der Waals surface area contributed by atoms with Crippen LogP contribution in [0.5, 0.6) is 0 Å². The van der Waals surface area contributed by atoms with Crippen molar-refractivity contribution in [1.29, 1.82) is 0 Å². The summed E-state index contributed by atoms with van der Waals surface area (Å²) < 4.78 is 20.5. The summed E-state index contributed by atoms with van der Waals surface area (Å²) in [7, 11) is 0. The Morgan fingerprint density at radius 3 is 2.17 bits per heavy atom. The van der Waals surface area contributed by atoms with Gasteiger partial charge in [0.05, 0.1) is 6.04 Å². The number of carbonyl (C=O) groups is 3. The predicted molar refractivity (Wildman–Crippen MR) is 76.7 cm³/mol. The van der Waals surface area contributed by atoms with E-state index >= 15 is 0 Å². The molecule has 0 spiro atoms. The number of esters is 3. The van der Waals surface area contributed by atoms with Gasteiger partial charge in [-0.2, -0.15) is 0 Å². The third kappa shape index (κ3) is 5.62. The number of carbonyl (C=O) groups excluding carboxylic acids is 3. The summed E-state index contributed by atoms with van der Waals surface area (Å²) in [5, 5.41) is 3.46. The lowest BCUT2D eigenvalue weighted by atomic mass is 9.98. The summed E-state index contributed by atoms with van der Waals surface area (Å²) in [5.41, 5.74) is 7.58. The minimum atomic E-state index is -1.15. The van der Waals surface area contributed by atoms with E-state index in [9.17, 15) is 14.4 Å². The highest BCUT2D eigenvalue weighted by Gasteiger charge is 2.46. The Morgan fingerprint density at radius 2 is 1.70 bits per heavy atom. The molecule has 0 aromatic carbocycles. The number of hydrogen-bond acceptors (Lipinski definition) is 9. The fourth-order valence-electron chi connectivity index (χ4n) is 2.07. The quantitative estimate of drug-likeness (QED) is 0.174. The smallest absolute Gasteiger partial charge is 0.303 e. The molecule has 0 saturated carbocycles. The monoisotopic (exact) mass is 346 g/mol. The molecule has 128 valence electrons. The van der Waals surface area contributed by atoms with Gasteiger partial charge in [-0.3, -0.25) is 14.4 Å². The largest absolute Gasteiger partial charge is 0.761 e. The average molecular weight is 346 g/mol. The Kier molecular flexibility index (Phi) is 7.14. The van der Waals surface area contributed by atoms with Crippen LogP contribution in [0, 0.1) is 0 Å². The number of rotatable bonds is 5. The van der Waals surface area contributed by atoms with Crippen LogP contribution in [0.4, 0.5) is 0 Å². The molecule has 10 nitrogen and oxygen atoms in total. The molecule has 1 aliphatic heterocycles. The molecule has 0 aliphatic carbocycles. The molecular formula is C12H16N3O7S-. The molecule has 0 N–H and O–H groups in total. The van der Waals surface area contributed by atoms with Crippen LogP contribution in [0.25, 0.3) is 10.4 Å². The van der Waals surface area contributed by atoms with Gasteiger partial charge in [0.1, 0.15) is 12.7 Å². The van der Waals surface area contributed by atoms with Crippen molar-refractivity contribution in [3.05, 3.63) is 10.4 Å². The van der Waals surface area contributed by atoms with E-state index in [1.807, 2.05) is 0 Å². The van der Waals surface area contributed by atoms with E-state index in [-0.39, 0.29) is 6.61 Å². The predicted octanol–water partition coefficient (Wildman–Crippen LogP) is 0.364. The van der Waals surface area contributed by atoms with Crippen LogP contribution in [-0.4, -0.2) is 54.3 Å². The Balaban J connectivity index is 3.11. The van der Waals surface area contributed by atoms with Crippen molar-refractivity contribution in [1.82, 2.24) is 0 Å². The van der Waals surface area contributed by atoms with Gasteiger partial charge in [-0.05, 0) is 11.0 Å². The second-order valence-electron chi connectivity index (χ2n) is 4.69. The zero-order valence-electron chi connectivity index (χ0n) is 12.7. The van der Waals surface area contributed by atoms with Gasteiger partial charge in [0.15, 0.2) is 12.2 Å². The zero-order valence-corrected chi connectivity index (χ0v) is 13.5. The van der Waals surface area contributed by atoms with Gasteiger partial charge in [-0.25, -0.2) is 0 Å². The highest BCUT2D eigenvalue weighted by Crippen LogP contribution is 2.28.